The van der Waals surface area contributed by atoms with Crippen molar-refractivity contribution in [1.82, 2.24) is 5.32 Å². The molecule has 0 fully saturated rings. The molecule has 2 rings (SSSR count). The number of rotatable bonds is 6. The van der Waals surface area contributed by atoms with Crippen LogP contribution in [0.5, 0.6) is 5.75 Å². The van der Waals surface area contributed by atoms with E-state index in [0.717, 1.165) is 12.0 Å². The Bertz CT molecular complexity index is 479. The van der Waals surface area contributed by atoms with Gasteiger partial charge in [-0.3, -0.25) is 0 Å². The van der Waals surface area contributed by atoms with Gasteiger partial charge in [0, 0.05) is 19.0 Å². The highest BCUT2D eigenvalue weighted by molar-refractivity contribution is 5.92. The van der Waals surface area contributed by atoms with Crippen molar-refractivity contribution in [3.8, 4) is 5.75 Å². The van der Waals surface area contributed by atoms with E-state index in [1.54, 1.807) is 6.07 Å². The van der Waals surface area contributed by atoms with E-state index in [9.17, 15) is 9.90 Å². The SMILES string of the molecule is CC(C)NCC(O)COc1ccc2c(c1)C(=O)OCC2.Cl. The monoisotopic (exact) mass is 315 g/mol. The van der Waals surface area contributed by atoms with Crippen LogP contribution in [-0.4, -0.2) is 43.0 Å². The molecule has 0 radical (unpaired) electrons. The lowest BCUT2D eigenvalue weighted by Crippen LogP contribution is -2.35. The zero-order valence-corrected chi connectivity index (χ0v) is 13.1. The number of esters is 1. The Morgan fingerprint density at radius 3 is 2.90 bits per heavy atom. The van der Waals surface area contributed by atoms with Crippen molar-refractivity contribution in [1.29, 1.82) is 0 Å². The average Bonchev–Trinajstić information content (AvgIpc) is 2.43. The van der Waals surface area contributed by atoms with Crippen LogP contribution >= 0.6 is 12.4 Å². The highest BCUT2D eigenvalue weighted by Crippen LogP contribution is 2.22. The topological polar surface area (TPSA) is 67.8 Å². The minimum absolute atomic E-state index is 0. The van der Waals surface area contributed by atoms with Gasteiger partial charge in [-0.2, -0.15) is 0 Å². The molecule has 1 aliphatic rings. The molecule has 1 heterocycles. The van der Waals surface area contributed by atoms with Crippen molar-refractivity contribution in [2.24, 2.45) is 0 Å². The summed E-state index contributed by atoms with van der Waals surface area (Å²) in [5.74, 6) is 0.268. The van der Waals surface area contributed by atoms with Crippen LogP contribution in [-0.2, 0) is 11.2 Å². The highest BCUT2D eigenvalue weighted by atomic mass is 35.5. The number of benzene rings is 1. The predicted molar refractivity (Wildman–Crippen MR) is 82.3 cm³/mol. The summed E-state index contributed by atoms with van der Waals surface area (Å²) in [5.41, 5.74) is 1.54. The molecule has 1 unspecified atom stereocenters. The van der Waals surface area contributed by atoms with E-state index in [0.29, 0.717) is 30.5 Å². The molecule has 1 aliphatic heterocycles. The quantitative estimate of drug-likeness (QED) is 0.780. The summed E-state index contributed by atoms with van der Waals surface area (Å²) in [6.45, 7) is 5.13. The molecule has 21 heavy (non-hydrogen) atoms. The van der Waals surface area contributed by atoms with E-state index in [-0.39, 0.29) is 25.0 Å². The first kappa shape index (κ1) is 17.8. The minimum Gasteiger partial charge on any atom is -0.491 e. The van der Waals surface area contributed by atoms with Crippen molar-refractivity contribution >= 4 is 18.4 Å². The van der Waals surface area contributed by atoms with Gasteiger partial charge in [0.15, 0.2) is 0 Å². The maximum Gasteiger partial charge on any atom is 0.338 e. The van der Waals surface area contributed by atoms with Gasteiger partial charge in [-0.25, -0.2) is 4.79 Å². The van der Waals surface area contributed by atoms with Crippen molar-refractivity contribution in [2.75, 3.05) is 19.8 Å². The second kappa shape index (κ2) is 8.22. The first-order chi connectivity index (χ1) is 9.56. The van der Waals surface area contributed by atoms with Crippen LogP contribution in [0.15, 0.2) is 18.2 Å². The van der Waals surface area contributed by atoms with Gasteiger partial charge in [-0.05, 0) is 17.7 Å². The van der Waals surface area contributed by atoms with Crippen LogP contribution in [0.4, 0.5) is 0 Å². The normalized spacial score (nSPS) is 15.0. The third-order valence-corrected chi connectivity index (χ3v) is 3.11. The third kappa shape index (κ3) is 5.19. The van der Waals surface area contributed by atoms with Gasteiger partial charge in [0.1, 0.15) is 18.5 Å². The Labute approximate surface area is 131 Å². The average molecular weight is 316 g/mol. The Kier molecular flexibility index (Phi) is 6.95. The van der Waals surface area contributed by atoms with E-state index in [4.69, 9.17) is 9.47 Å². The fraction of sp³-hybridized carbons (Fsp3) is 0.533. The van der Waals surface area contributed by atoms with Crippen molar-refractivity contribution in [3.05, 3.63) is 29.3 Å². The minimum atomic E-state index is -0.583. The van der Waals surface area contributed by atoms with Crippen molar-refractivity contribution in [2.45, 2.75) is 32.4 Å². The number of cyclic esters (lactones) is 1. The molecule has 1 aromatic carbocycles. The summed E-state index contributed by atoms with van der Waals surface area (Å²) in [4.78, 5) is 11.6. The van der Waals surface area contributed by atoms with Crippen LogP contribution in [0.25, 0.3) is 0 Å². The standard InChI is InChI=1S/C15H21NO4.ClH/c1-10(2)16-8-12(17)9-20-13-4-3-11-5-6-19-15(18)14(11)7-13;/h3-4,7,10,12,16-17H,5-6,8-9H2,1-2H3;1H. The van der Waals surface area contributed by atoms with Crippen LogP contribution in [0.3, 0.4) is 0 Å². The molecule has 1 atom stereocenters. The number of carbonyl (C=O) groups excluding carboxylic acids is 1. The lowest BCUT2D eigenvalue weighted by molar-refractivity contribution is 0.0479. The zero-order chi connectivity index (χ0) is 14.5. The molecule has 118 valence electrons. The number of fused-ring (bicyclic) bond motifs is 1. The van der Waals surface area contributed by atoms with E-state index >= 15 is 0 Å². The number of hydrogen-bond donors (Lipinski definition) is 2. The van der Waals surface area contributed by atoms with E-state index in [2.05, 4.69) is 5.32 Å². The van der Waals surface area contributed by atoms with E-state index in [1.807, 2.05) is 26.0 Å². The maximum atomic E-state index is 11.6. The summed E-state index contributed by atoms with van der Waals surface area (Å²) in [6.07, 6.45) is 0.155. The molecular weight excluding hydrogens is 294 g/mol. The first-order valence-corrected chi connectivity index (χ1v) is 6.90. The Morgan fingerprint density at radius 1 is 1.43 bits per heavy atom. The van der Waals surface area contributed by atoms with Gasteiger partial charge in [0.2, 0.25) is 0 Å². The van der Waals surface area contributed by atoms with E-state index < -0.39 is 6.10 Å². The largest absolute Gasteiger partial charge is 0.491 e. The molecule has 0 aromatic heterocycles. The van der Waals surface area contributed by atoms with Crippen molar-refractivity contribution < 1.29 is 19.4 Å². The molecule has 0 amide bonds. The summed E-state index contributed by atoms with van der Waals surface area (Å²) in [5, 5.41) is 12.9. The summed E-state index contributed by atoms with van der Waals surface area (Å²) in [6, 6.07) is 5.70. The summed E-state index contributed by atoms with van der Waals surface area (Å²) >= 11 is 0. The molecule has 2 N–H and O–H groups in total. The molecule has 5 nitrogen and oxygen atoms in total. The fourth-order valence-electron chi connectivity index (χ4n) is 2.01. The van der Waals surface area contributed by atoms with Gasteiger partial charge in [0.25, 0.3) is 0 Å². The summed E-state index contributed by atoms with van der Waals surface area (Å²) < 4.78 is 10.5. The number of ether oxygens (including phenoxy) is 2. The number of carbonyl (C=O) groups is 1. The smallest absolute Gasteiger partial charge is 0.338 e. The van der Waals surface area contributed by atoms with Crippen LogP contribution in [0.1, 0.15) is 29.8 Å². The molecule has 0 spiro atoms. The number of aliphatic hydroxyl groups excluding tert-OH is 1. The Hall–Kier alpha value is -1.30. The lowest BCUT2D eigenvalue weighted by atomic mass is 10.0. The Morgan fingerprint density at radius 2 is 2.19 bits per heavy atom. The molecule has 1 aromatic rings. The first-order valence-electron chi connectivity index (χ1n) is 6.90. The van der Waals surface area contributed by atoms with Gasteiger partial charge in [-0.1, -0.05) is 19.9 Å². The molecular formula is C15H22ClNO4. The number of halogens is 1. The fourth-order valence-corrected chi connectivity index (χ4v) is 2.01. The molecule has 0 bridgehead atoms. The van der Waals surface area contributed by atoms with Crippen LogP contribution in [0.2, 0.25) is 0 Å². The third-order valence-electron chi connectivity index (χ3n) is 3.11. The zero-order valence-electron chi connectivity index (χ0n) is 12.3. The predicted octanol–water partition coefficient (Wildman–Crippen LogP) is 1.56. The second-order valence-corrected chi connectivity index (χ2v) is 5.23. The molecule has 6 heteroatoms. The number of hydrogen-bond acceptors (Lipinski definition) is 5. The van der Waals surface area contributed by atoms with Crippen LogP contribution in [0, 0.1) is 0 Å². The van der Waals surface area contributed by atoms with Gasteiger partial charge in [-0.15, -0.1) is 12.4 Å². The van der Waals surface area contributed by atoms with Gasteiger partial charge < -0.3 is 19.9 Å². The summed E-state index contributed by atoms with van der Waals surface area (Å²) in [7, 11) is 0. The Balaban J connectivity index is 0.00000220. The van der Waals surface area contributed by atoms with Crippen molar-refractivity contribution in [3.63, 3.8) is 0 Å². The highest BCUT2D eigenvalue weighted by Gasteiger charge is 2.19. The molecule has 0 saturated carbocycles. The molecule has 0 saturated heterocycles. The molecule has 0 aliphatic carbocycles. The maximum absolute atomic E-state index is 11.6. The van der Waals surface area contributed by atoms with Gasteiger partial charge in [0.05, 0.1) is 12.2 Å². The number of nitrogens with one attached hydrogen (secondary N) is 1. The lowest BCUT2D eigenvalue weighted by Gasteiger charge is -2.18. The van der Waals surface area contributed by atoms with Crippen LogP contribution < -0.4 is 10.1 Å². The number of aliphatic hydroxyl groups is 1. The second-order valence-electron chi connectivity index (χ2n) is 5.23. The van der Waals surface area contributed by atoms with E-state index in [1.165, 1.54) is 0 Å². The van der Waals surface area contributed by atoms with Gasteiger partial charge >= 0.3 is 5.97 Å².